The molecule has 0 spiro atoms. The molecule has 32 heavy (non-hydrogen) atoms. The van der Waals surface area contributed by atoms with Crippen LogP contribution in [-0.2, 0) is 13.0 Å². The first-order valence-corrected chi connectivity index (χ1v) is 11.0. The highest BCUT2D eigenvalue weighted by Gasteiger charge is 2.27. The molecular weight excluding hydrogens is 418 g/mol. The van der Waals surface area contributed by atoms with Gasteiger partial charge in [0.2, 0.25) is 0 Å². The van der Waals surface area contributed by atoms with Gasteiger partial charge >= 0.3 is 0 Å². The predicted octanol–water partition coefficient (Wildman–Crippen LogP) is 5.97. The summed E-state index contributed by atoms with van der Waals surface area (Å²) in [6.07, 6.45) is 0.690. The molecule has 1 aliphatic heterocycles. The van der Waals surface area contributed by atoms with Crippen molar-refractivity contribution >= 4 is 17.5 Å². The van der Waals surface area contributed by atoms with Gasteiger partial charge in [-0.3, -0.25) is 4.79 Å². The van der Waals surface area contributed by atoms with Crippen molar-refractivity contribution in [3.8, 4) is 22.6 Å². The van der Waals surface area contributed by atoms with Crippen LogP contribution in [0.5, 0.6) is 0 Å². The second-order valence-electron chi connectivity index (χ2n) is 7.99. The maximum absolute atomic E-state index is 13.3. The first-order valence-electron chi connectivity index (χ1n) is 10.7. The SMILES string of the molecule is Cc1ccccc1C(=O)N1CCc2nc(-c3ccccc3)nc(-c3ccc(Cl)cc3)c2C1. The van der Waals surface area contributed by atoms with E-state index in [0.29, 0.717) is 30.4 Å². The molecule has 0 atom stereocenters. The standard InChI is InChI=1S/C27H22ClN3O/c1-18-7-5-6-10-22(18)27(32)31-16-15-24-23(17-31)25(19-11-13-21(28)14-12-19)30-26(29-24)20-8-3-2-4-9-20/h2-14H,15-17H2,1H3. The van der Waals surface area contributed by atoms with Crippen molar-refractivity contribution in [3.05, 3.63) is 106 Å². The second kappa shape index (κ2) is 8.56. The van der Waals surface area contributed by atoms with E-state index in [1.807, 2.05) is 90.7 Å². The molecule has 1 aliphatic rings. The molecule has 1 aromatic heterocycles. The van der Waals surface area contributed by atoms with Gasteiger partial charge in [-0.2, -0.15) is 0 Å². The Morgan fingerprint density at radius 1 is 0.875 bits per heavy atom. The average Bonchev–Trinajstić information content (AvgIpc) is 2.84. The Bertz CT molecular complexity index is 1290. The molecule has 4 aromatic rings. The number of nitrogens with zero attached hydrogens (tertiary/aromatic N) is 3. The number of aryl methyl sites for hydroxylation is 1. The fourth-order valence-corrected chi connectivity index (χ4v) is 4.26. The Morgan fingerprint density at radius 2 is 1.59 bits per heavy atom. The maximum atomic E-state index is 13.3. The zero-order valence-corrected chi connectivity index (χ0v) is 18.5. The summed E-state index contributed by atoms with van der Waals surface area (Å²) in [4.78, 5) is 25.0. The van der Waals surface area contributed by atoms with Crippen molar-refractivity contribution < 1.29 is 4.79 Å². The van der Waals surface area contributed by atoms with Crippen molar-refractivity contribution in [1.82, 2.24) is 14.9 Å². The number of aromatic nitrogens is 2. The zero-order chi connectivity index (χ0) is 22.1. The largest absolute Gasteiger partial charge is 0.334 e. The van der Waals surface area contributed by atoms with Gasteiger partial charge in [0.1, 0.15) is 0 Å². The lowest BCUT2D eigenvalue weighted by atomic mass is 9.97. The lowest BCUT2D eigenvalue weighted by Crippen LogP contribution is -2.37. The summed E-state index contributed by atoms with van der Waals surface area (Å²) in [6.45, 7) is 3.08. The Kier molecular flexibility index (Phi) is 5.46. The highest BCUT2D eigenvalue weighted by atomic mass is 35.5. The van der Waals surface area contributed by atoms with Gasteiger partial charge in [0.25, 0.3) is 5.91 Å². The molecule has 1 amide bonds. The van der Waals surface area contributed by atoms with Gasteiger partial charge in [-0.25, -0.2) is 9.97 Å². The molecule has 0 saturated carbocycles. The molecule has 0 bridgehead atoms. The van der Waals surface area contributed by atoms with Crippen LogP contribution < -0.4 is 0 Å². The summed E-state index contributed by atoms with van der Waals surface area (Å²) in [5.41, 5.74) is 6.52. The monoisotopic (exact) mass is 439 g/mol. The third kappa shape index (κ3) is 3.90. The normalized spacial score (nSPS) is 13.0. The Morgan fingerprint density at radius 3 is 2.34 bits per heavy atom. The smallest absolute Gasteiger partial charge is 0.254 e. The third-order valence-electron chi connectivity index (χ3n) is 5.87. The minimum Gasteiger partial charge on any atom is -0.334 e. The van der Waals surface area contributed by atoms with Crippen molar-refractivity contribution in [1.29, 1.82) is 0 Å². The summed E-state index contributed by atoms with van der Waals surface area (Å²) in [5, 5.41) is 0.677. The minimum absolute atomic E-state index is 0.0444. The Balaban J connectivity index is 1.59. The van der Waals surface area contributed by atoms with Crippen LogP contribution in [0, 0.1) is 6.92 Å². The van der Waals surface area contributed by atoms with Gasteiger partial charge in [-0.1, -0.05) is 72.3 Å². The topological polar surface area (TPSA) is 46.1 Å². The molecule has 0 unspecified atom stereocenters. The molecule has 3 aromatic carbocycles. The van der Waals surface area contributed by atoms with Crippen LogP contribution in [0.3, 0.4) is 0 Å². The van der Waals surface area contributed by atoms with E-state index in [4.69, 9.17) is 21.6 Å². The van der Waals surface area contributed by atoms with Gasteiger partial charge in [0, 0.05) is 46.8 Å². The van der Waals surface area contributed by atoms with E-state index in [-0.39, 0.29) is 5.91 Å². The maximum Gasteiger partial charge on any atom is 0.254 e. The molecule has 0 N–H and O–H groups in total. The summed E-state index contributed by atoms with van der Waals surface area (Å²) in [6, 6.07) is 25.4. The number of benzene rings is 3. The lowest BCUT2D eigenvalue weighted by molar-refractivity contribution is 0.0733. The molecular formula is C27H22ClN3O. The average molecular weight is 440 g/mol. The van der Waals surface area contributed by atoms with Gasteiger partial charge in [-0.05, 0) is 30.7 Å². The van der Waals surface area contributed by atoms with Gasteiger partial charge in [0.15, 0.2) is 5.82 Å². The van der Waals surface area contributed by atoms with Gasteiger partial charge in [-0.15, -0.1) is 0 Å². The van der Waals surface area contributed by atoms with Crippen molar-refractivity contribution in [2.45, 2.75) is 19.9 Å². The molecule has 0 radical (unpaired) electrons. The first kappa shape index (κ1) is 20.4. The number of carbonyl (C=O) groups is 1. The van der Waals surface area contributed by atoms with E-state index in [1.165, 1.54) is 0 Å². The van der Waals surface area contributed by atoms with Crippen molar-refractivity contribution in [2.75, 3.05) is 6.54 Å². The fraction of sp³-hybridized carbons (Fsp3) is 0.148. The molecule has 0 saturated heterocycles. The fourth-order valence-electron chi connectivity index (χ4n) is 4.13. The van der Waals surface area contributed by atoms with E-state index in [2.05, 4.69) is 0 Å². The summed E-state index contributed by atoms with van der Waals surface area (Å²) in [7, 11) is 0. The second-order valence-corrected chi connectivity index (χ2v) is 8.42. The number of rotatable bonds is 3. The summed E-state index contributed by atoms with van der Waals surface area (Å²) in [5.74, 6) is 0.746. The van der Waals surface area contributed by atoms with Crippen LogP contribution in [0.1, 0.15) is 27.2 Å². The van der Waals surface area contributed by atoms with Gasteiger partial charge < -0.3 is 4.90 Å². The van der Waals surface area contributed by atoms with Gasteiger partial charge in [0.05, 0.1) is 11.4 Å². The number of amides is 1. The van der Waals surface area contributed by atoms with E-state index < -0.39 is 0 Å². The molecule has 0 fully saturated rings. The van der Waals surface area contributed by atoms with Crippen LogP contribution in [-0.4, -0.2) is 27.3 Å². The predicted molar refractivity (Wildman–Crippen MR) is 128 cm³/mol. The number of hydrogen-bond acceptors (Lipinski definition) is 3. The lowest BCUT2D eigenvalue weighted by Gasteiger charge is -2.30. The van der Waals surface area contributed by atoms with E-state index >= 15 is 0 Å². The third-order valence-corrected chi connectivity index (χ3v) is 6.12. The molecule has 5 rings (SSSR count). The number of hydrogen-bond donors (Lipinski definition) is 0. The molecule has 0 aliphatic carbocycles. The number of halogens is 1. The number of fused-ring (bicyclic) bond motifs is 1. The summed E-state index contributed by atoms with van der Waals surface area (Å²) >= 11 is 6.13. The van der Waals surface area contributed by atoms with E-state index in [1.54, 1.807) is 0 Å². The van der Waals surface area contributed by atoms with E-state index in [9.17, 15) is 4.79 Å². The Hall–Kier alpha value is -3.50. The van der Waals surface area contributed by atoms with Crippen LogP contribution in [0.2, 0.25) is 5.02 Å². The molecule has 158 valence electrons. The van der Waals surface area contributed by atoms with Crippen LogP contribution in [0.4, 0.5) is 0 Å². The highest BCUT2D eigenvalue weighted by Crippen LogP contribution is 2.32. The van der Waals surface area contributed by atoms with Crippen molar-refractivity contribution in [2.24, 2.45) is 0 Å². The number of carbonyl (C=O) groups excluding carboxylic acids is 1. The zero-order valence-electron chi connectivity index (χ0n) is 17.8. The van der Waals surface area contributed by atoms with Crippen LogP contribution >= 0.6 is 11.6 Å². The highest BCUT2D eigenvalue weighted by molar-refractivity contribution is 6.30. The summed E-state index contributed by atoms with van der Waals surface area (Å²) < 4.78 is 0. The molecule has 5 heteroatoms. The van der Waals surface area contributed by atoms with Crippen LogP contribution in [0.25, 0.3) is 22.6 Å². The Labute approximate surface area is 192 Å². The van der Waals surface area contributed by atoms with Crippen LogP contribution in [0.15, 0.2) is 78.9 Å². The molecule has 4 nitrogen and oxygen atoms in total. The molecule has 2 heterocycles. The van der Waals surface area contributed by atoms with E-state index in [0.717, 1.165) is 39.2 Å². The first-order chi connectivity index (χ1) is 15.6. The quantitative estimate of drug-likeness (QED) is 0.395. The minimum atomic E-state index is 0.0444. The van der Waals surface area contributed by atoms with Crippen molar-refractivity contribution in [3.63, 3.8) is 0 Å².